The molecule has 0 radical (unpaired) electrons. The van der Waals surface area contributed by atoms with E-state index in [1.807, 2.05) is 51.5 Å². The monoisotopic (exact) mass is 577 g/mol. The average Bonchev–Trinajstić information content (AvgIpc) is 3.51. The number of aromatic nitrogens is 2. The van der Waals surface area contributed by atoms with E-state index in [0.29, 0.717) is 11.3 Å². The third-order valence-corrected chi connectivity index (χ3v) is 8.01. The maximum Gasteiger partial charge on any atom is 0.124 e. The van der Waals surface area contributed by atoms with E-state index >= 15 is 0 Å². The van der Waals surface area contributed by atoms with Crippen molar-refractivity contribution in [2.24, 2.45) is 0 Å². The first-order chi connectivity index (χ1) is 20.7. The fourth-order valence-corrected chi connectivity index (χ4v) is 5.40. The van der Waals surface area contributed by atoms with E-state index in [9.17, 15) is 4.39 Å². The number of nitrogens with one attached hydrogen (secondary N) is 2. The summed E-state index contributed by atoms with van der Waals surface area (Å²) < 4.78 is 14.7. The maximum atomic E-state index is 14.7. The number of likely N-dealkylation sites (N-methyl/N-ethyl adjacent to an activating group) is 1. The fraction of sp³-hybridized carbons (Fsp3) is 0.297. The molecule has 1 aliphatic rings. The molecule has 0 unspecified atom stereocenters. The van der Waals surface area contributed by atoms with Crippen LogP contribution in [0.15, 0.2) is 103 Å². The van der Waals surface area contributed by atoms with E-state index in [0.717, 1.165) is 75.4 Å². The fourth-order valence-electron chi connectivity index (χ4n) is 5.40. The van der Waals surface area contributed by atoms with Crippen LogP contribution in [0.3, 0.4) is 0 Å². The Kier molecular flexibility index (Phi) is 10.8. The van der Waals surface area contributed by atoms with Crippen LogP contribution in [-0.4, -0.2) is 41.5 Å². The van der Waals surface area contributed by atoms with E-state index in [-0.39, 0.29) is 5.82 Å². The van der Waals surface area contributed by atoms with Crippen LogP contribution in [0.1, 0.15) is 48.4 Å². The van der Waals surface area contributed by atoms with Gasteiger partial charge in [0.05, 0.1) is 5.69 Å². The number of benzene rings is 1. The molecule has 4 rings (SSSR count). The van der Waals surface area contributed by atoms with Gasteiger partial charge in [0.1, 0.15) is 5.82 Å². The number of halogens is 1. The first-order valence-electron chi connectivity index (χ1n) is 15.0. The van der Waals surface area contributed by atoms with Gasteiger partial charge in [-0.15, -0.1) is 0 Å². The Hall–Kier alpha value is -4.29. The van der Waals surface area contributed by atoms with Crippen molar-refractivity contribution in [3.63, 3.8) is 0 Å². The van der Waals surface area contributed by atoms with Gasteiger partial charge >= 0.3 is 0 Å². The smallest absolute Gasteiger partial charge is 0.124 e. The van der Waals surface area contributed by atoms with Crippen LogP contribution in [0.5, 0.6) is 0 Å². The molecule has 43 heavy (non-hydrogen) atoms. The minimum Gasteiger partial charge on any atom is -0.388 e. The summed E-state index contributed by atoms with van der Waals surface area (Å²) in [5.74, 6) is -0.239. The van der Waals surface area contributed by atoms with Crippen molar-refractivity contribution in [3.05, 3.63) is 131 Å². The van der Waals surface area contributed by atoms with Gasteiger partial charge in [0, 0.05) is 48.3 Å². The van der Waals surface area contributed by atoms with Crippen LogP contribution < -0.4 is 10.6 Å². The molecule has 5 nitrogen and oxygen atoms in total. The van der Waals surface area contributed by atoms with Crippen molar-refractivity contribution >= 4 is 11.3 Å². The highest BCUT2D eigenvalue weighted by Crippen LogP contribution is 2.30. The van der Waals surface area contributed by atoms with Gasteiger partial charge in [-0.1, -0.05) is 25.8 Å². The summed E-state index contributed by atoms with van der Waals surface area (Å²) in [4.78, 5) is 11.4. The van der Waals surface area contributed by atoms with Gasteiger partial charge in [-0.05, 0) is 141 Å². The standard InChI is InChI=1S/C37H44FN5/c1-25-19-33(24-40-23-25)26(2)12-13-35(39-7)28(4)27(3)30(6)42-36-14-15-41-37(29(36)5)32-20-31(21-34(38)22-32)11-10-18-43-16-8-9-17-43/h12-15,19-24,39H,3-4,6,8-11,16-18H2,1-2,5,7H3,(H,41,42)/b26-12+,35-13+. The molecule has 2 aromatic heterocycles. The van der Waals surface area contributed by atoms with Crippen LogP contribution in [0.4, 0.5) is 10.1 Å². The van der Waals surface area contributed by atoms with E-state index in [4.69, 9.17) is 0 Å². The van der Waals surface area contributed by atoms with Gasteiger partial charge < -0.3 is 15.5 Å². The molecule has 1 saturated heterocycles. The van der Waals surface area contributed by atoms with Crippen LogP contribution in [0.2, 0.25) is 0 Å². The number of likely N-dealkylation sites (tertiary alicyclic amines) is 1. The molecule has 1 fully saturated rings. The van der Waals surface area contributed by atoms with E-state index in [1.165, 1.54) is 25.9 Å². The largest absolute Gasteiger partial charge is 0.388 e. The molecule has 0 bridgehead atoms. The second-order valence-corrected chi connectivity index (χ2v) is 11.3. The molecule has 3 aromatic rings. The van der Waals surface area contributed by atoms with Crippen molar-refractivity contribution in [2.45, 2.75) is 46.5 Å². The van der Waals surface area contributed by atoms with Crippen LogP contribution in [-0.2, 0) is 6.42 Å². The zero-order valence-electron chi connectivity index (χ0n) is 26.1. The number of rotatable bonds is 13. The molecule has 0 amide bonds. The molecule has 0 atom stereocenters. The second kappa shape index (κ2) is 14.7. The molecule has 1 aromatic carbocycles. The summed E-state index contributed by atoms with van der Waals surface area (Å²) in [5.41, 5.74) is 10.4. The number of hydrogen-bond donors (Lipinski definition) is 2. The predicted octanol–water partition coefficient (Wildman–Crippen LogP) is 8.17. The highest BCUT2D eigenvalue weighted by Gasteiger charge is 2.15. The lowest BCUT2D eigenvalue weighted by atomic mass is 9.99. The van der Waals surface area contributed by atoms with Gasteiger partial charge in [-0.25, -0.2) is 4.39 Å². The third-order valence-electron chi connectivity index (χ3n) is 8.01. The van der Waals surface area contributed by atoms with Gasteiger partial charge in [-0.3, -0.25) is 9.97 Å². The first-order valence-corrected chi connectivity index (χ1v) is 15.0. The van der Waals surface area contributed by atoms with E-state index in [2.05, 4.69) is 64.3 Å². The number of allylic oxidation sites excluding steroid dienone is 5. The molecule has 0 aliphatic carbocycles. The Morgan fingerprint density at radius 3 is 2.51 bits per heavy atom. The SMILES string of the molecule is C=C(Nc1ccnc(-c2cc(F)cc(CCCN3CCCC3)c2)c1C)C(=C)C(=C)/C(=C\C=C(/C)c1cncc(C)c1)NC. The number of hydrogen-bond acceptors (Lipinski definition) is 5. The van der Waals surface area contributed by atoms with Gasteiger partial charge in [0.15, 0.2) is 0 Å². The second-order valence-electron chi connectivity index (χ2n) is 11.3. The normalized spacial score (nSPS) is 14.1. The molecule has 0 spiro atoms. The summed E-state index contributed by atoms with van der Waals surface area (Å²) in [6.45, 7) is 22.3. The van der Waals surface area contributed by atoms with Crippen molar-refractivity contribution in [2.75, 3.05) is 32.0 Å². The Labute approximate surface area is 256 Å². The van der Waals surface area contributed by atoms with Crippen molar-refractivity contribution in [3.8, 4) is 11.3 Å². The Bertz CT molecular complexity index is 1560. The number of nitrogens with zero attached hydrogens (tertiary/aromatic N) is 3. The summed E-state index contributed by atoms with van der Waals surface area (Å²) in [5, 5.41) is 6.62. The summed E-state index contributed by atoms with van der Waals surface area (Å²) in [7, 11) is 1.86. The molecular weight excluding hydrogens is 533 g/mol. The van der Waals surface area contributed by atoms with Crippen LogP contribution >= 0.6 is 0 Å². The van der Waals surface area contributed by atoms with Crippen LogP contribution in [0, 0.1) is 19.7 Å². The lowest BCUT2D eigenvalue weighted by molar-refractivity contribution is 0.334. The summed E-state index contributed by atoms with van der Waals surface area (Å²) in [6.07, 6.45) is 13.9. The Morgan fingerprint density at radius 1 is 1.02 bits per heavy atom. The summed E-state index contributed by atoms with van der Waals surface area (Å²) in [6, 6.07) is 9.27. The lowest BCUT2D eigenvalue weighted by Gasteiger charge is -2.19. The number of pyridine rings is 2. The summed E-state index contributed by atoms with van der Waals surface area (Å²) >= 11 is 0. The molecule has 2 N–H and O–H groups in total. The number of anilines is 1. The highest BCUT2D eigenvalue weighted by molar-refractivity contribution is 5.73. The molecule has 0 saturated carbocycles. The van der Waals surface area contributed by atoms with Gasteiger partial charge in [-0.2, -0.15) is 0 Å². The Morgan fingerprint density at radius 2 is 1.79 bits per heavy atom. The minimum absolute atomic E-state index is 0.239. The average molecular weight is 578 g/mol. The van der Waals surface area contributed by atoms with Crippen molar-refractivity contribution in [1.29, 1.82) is 0 Å². The molecule has 6 heteroatoms. The molecule has 3 heterocycles. The van der Waals surface area contributed by atoms with E-state index < -0.39 is 0 Å². The lowest BCUT2D eigenvalue weighted by Crippen LogP contribution is -2.20. The Balaban J connectivity index is 1.46. The first kappa shape index (κ1) is 31.6. The zero-order valence-corrected chi connectivity index (χ0v) is 26.1. The van der Waals surface area contributed by atoms with Gasteiger partial charge in [0.25, 0.3) is 0 Å². The maximum absolute atomic E-state index is 14.7. The van der Waals surface area contributed by atoms with Crippen molar-refractivity contribution < 1.29 is 4.39 Å². The third kappa shape index (κ3) is 8.39. The highest BCUT2D eigenvalue weighted by atomic mass is 19.1. The predicted molar refractivity (Wildman–Crippen MR) is 179 cm³/mol. The molecule has 224 valence electrons. The van der Waals surface area contributed by atoms with Crippen LogP contribution in [0.25, 0.3) is 16.8 Å². The minimum atomic E-state index is -0.239. The zero-order chi connectivity index (χ0) is 30.9. The van der Waals surface area contributed by atoms with Gasteiger partial charge in [0.2, 0.25) is 0 Å². The molecular formula is C37H44FN5. The number of aryl methyl sites for hydroxylation is 2. The van der Waals surface area contributed by atoms with E-state index in [1.54, 1.807) is 18.3 Å². The molecule has 1 aliphatic heterocycles. The van der Waals surface area contributed by atoms with Crippen molar-refractivity contribution in [1.82, 2.24) is 20.2 Å². The quantitative estimate of drug-likeness (QED) is 0.201. The topological polar surface area (TPSA) is 53.1 Å².